The van der Waals surface area contributed by atoms with Crippen molar-refractivity contribution in [3.8, 4) is 11.5 Å². The molecule has 2 rings (SSSR count). The van der Waals surface area contributed by atoms with Crippen LogP contribution in [0, 0.1) is 5.92 Å². The van der Waals surface area contributed by atoms with Gasteiger partial charge in [-0.1, -0.05) is 0 Å². The van der Waals surface area contributed by atoms with E-state index in [1.54, 1.807) is 37.3 Å². The predicted molar refractivity (Wildman–Crippen MR) is 118 cm³/mol. The van der Waals surface area contributed by atoms with Gasteiger partial charge >= 0.3 is 12.1 Å². The van der Waals surface area contributed by atoms with Gasteiger partial charge in [-0.15, -0.1) is 0 Å². The number of hydrogen-bond acceptors (Lipinski definition) is 7. The van der Waals surface area contributed by atoms with Crippen LogP contribution in [0.2, 0.25) is 0 Å². The summed E-state index contributed by atoms with van der Waals surface area (Å²) in [6.07, 6.45) is 0.555. The van der Waals surface area contributed by atoms with Crippen LogP contribution in [0.4, 0.5) is 4.79 Å². The van der Waals surface area contributed by atoms with Crippen LogP contribution in [-0.4, -0.2) is 62.4 Å². The maximum atomic E-state index is 12.4. The highest BCUT2D eigenvalue weighted by Crippen LogP contribution is 2.29. The van der Waals surface area contributed by atoms with E-state index in [0.717, 1.165) is 5.56 Å². The Morgan fingerprint density at radius 1 is 1.12 bits per heavy atom. The van der Waals surface area contributed by atoms with E-state index < -0.39 is 17.5 Å². The van der Waals surface area contributed by atoms with E-state index in [4.69, 9.17) is 18.9 Å². The maximum absolute atomic E-state index is 12.4. The number of nitrogens with zero attached hydrogens (tertiary/aromatic N) is 1. The van der Waals surface area contributed by atoms with Crippen LogP contribution >= 0.6 is 0 Å². The minimum Gasteiger partial charge on any atom is -0.497 e. The topological polar surface area (TPSA) is 103 Å². The van der Waals surface area contributed by atoms with Gasteiger partial charge in [-0.05, 0) is 58.7 Å². The summed E-state index contributed by atoms with van der Waals surface area (Å²) < 4.78 is 21.2. The van der Waals surface area contributed by atoms with Gasteiger partial charge in [-0.2, -0.15) is 0 Å². The second kappa shape index (κ2) is 11.1. The number of rotatable bonds is 7. The van der Waals surface area contributed by atoms with E-state index in [0.29, 0.717) is 37.4 Å². The van der Waals surface area contributed by atoms with Crippen LogP contribution in [-0.2, 0) is 19.1 Å². The average Bonchev–Trinajstić information content (AvgIpc) is 2.75. The van der Waals surface area contributed by atoms with Gasteiger partial charge in [0, 0.05) is 18.7 Å². The third-order valence-corrected chi connectivity index (χ3v) is 5.11. The van der Waals surface area contributed by atoms with E-state index >= 15 is 0 Å². The first-order chi connectivity index (χ1) is 15.0. The molecule has 9 nitrogen and oxygen atoms in total. The van der Waals surface area contributed by atoms with Crippen molar-refractivity contribution in [2.75, 3.05) is 33.9 Å². The number of amides is 2. The number of methoxy groups -OCH3 is 2. The monoisotopic (exact) mass is 450 g/mol. The molecule has 0 bridgehead atoms. The zero-order chi connectivity index (χ0) is 23.9. The van der Waals surface area contributed by atoms with E-state index in [-0.39, 0.29) is 24.7 Å². The number of carbonyl (C=O) groups is 3. The fraction of sp³-hybridized carbons (Fsp3) is 0.609. The number of hydrogen-bond donors (Lipinski definition) is 1. The minimum atomic E-state index is -0.563. The predicted octanol–water partition coefficient (Wildman–Crippen LogP) is 3.07. The van der Waals surface area contributed by atoms with Gasteiger partial charge in [0.15, 0.2) is 6.61 Å². The highest BCUT2D eigenvalue weighted by atomic mass is 16.6. The number of ether oxygens (including phenoxy) is 4. The molecule has 1 saturated heterocycles. The van der Waals surface area contributed by atoms with Gasteiger partial charge in [0.25, 0.3) is 5.91 Å². The molecule has 1 N–H and O–H groups in total. The summed E-state index contributed by atoms with van der Waals surface area (Å²) in [6, 6.07) is 4.95. The zero-order valence-corrected chi connectivity index (χ0v) is 19.7. The average molecular weight is 451 g/mol. The third kappa shape index (κ3) is 7.32. The highest BCUT2D eigenvalue weighted by Gasteiger charge is 2.31. The Balaban J connectivity index is 1.80. The summed E-state index contributed by atoms with van der Waals surface area (Å²) in [7, 11) is 3.11. The van der Waals surface area contributed by atoms with Crippen molar-refractivity contribution in [3.63, 3.8) is 0 Å². The van der Waals surface area contributed by atoms with E-state index in [1.165, 1.54) is 0 Å². The van der Waals surface area contributed by atoms with E-state index in [1.807, 2.05) is 27.7 Å². The quantitative estimate of drug-likeness (QED) is 0.637. The van der Waals surface area contributed by atoms with Gasteiger partial charge in [0.1, 0.15) is 17.1 Å². The smallest absolute Gasteiger partial charge is 0.410 e. The second-order valence-corrected chi connectivity index (χ2v) is 8.75. The molecule has 1 aromatic rings. The van der Waals surface area contributed by atoms with Crippen LogP contribution < -0.4 is 14.8 Å². The lowest BCUT2D eigenvalue weighted by Crippen LogP contribution is -2.43. The fourth-order valence-corrected chi connectivity index (χ4v) is 3.42. The molecule has 2 amide bonds. The van der Waals surface area contributed by atoms with Crippen molar-refractivity contribution < 1.29 is 33.3 Å². The lowest BCUT2D eigenvalue weighted by molar-refractivity contribution is -0.154. The largest absolute Gasteiger partial charge is 0.497 e. The number of esters is 1. The minimum absolute atomic E-state index is 0.350. The van der Waals surface area contributed by atoms with Gasteiger partial charge < -0.3 is 29.2 Å². The molecule has 1 fully saturated rings. The number of piperidine rings is 1. The Kier molecular flexibility index (Phi) is 8.74. The first-order valence-electron chi connectivity index (χ1n) is 10.7. The summed E-state index contributed by atoms with van der Waals surface area (Å²) in [4.78, 5) is 38.4. The number of carbonyl (C=O) groups excluding carboxylic acids is 3. The third-order valence-electron chi connectivity index (χ3n) is 5.11. The lowest BCUT2D eigenvalue weighted by atomic mass is 9.97. The molecule has 32 heavy (non-hydrogen) atoms. The van der Waals surface area contributed by atoms with Crippen molar-refractivity contribution in [3.05, 3.63) is 23.8 Å². The molecule has 0 aromatic heterocycles. The van der Waals surface area contributed by atoms with Gasteiger partial charge in [-0.3, -0.25) is 9.59 Å². The Morgan fingerprint density at radius 2 is 1.78 bits per heavy atom. The summed E-state index contributed by atoms with van der Waals surface area (Å²) >= 11 is 0. The summed E-state index contributed by atoms with van der Waals surface area (Å²) in [5.74, 6) is 0.0632. The van der Waals surface area contributed by atoms with Gasteiger partial charge in [0.2, 0.25) is 0 Å². The molecule has 1 unspecified atom stereocenters. The van der Waals surface area contributed by atoms with Crippen molar-refractivity contribution in [2.45, 2.75) is 52.2 Å². The Labute approximate surface area is 189 Å². The molecular formula is C23H34N2O7. The SMILES string of the molecule is COc1ccc(OC)c(C(C)NC(=O)COC(=O)C2CCN(C(=O)OC(C)(C)C)CC2)c1. The van der Waals surface area contributed by atoms with Crippen LogP contribution in [0.5, 0.6) is 11.5 Å². The van der Waals surface area contributed by atoms with Crippen molar-refractivity contribution in [2.24, 2.45) is 5.92 Å². The molecule has 178 valence electrons. The molecular weight excluding hydrogens is 416 g/mol. The maximum Gasteiger partial charge on any atom is 0.410 e. The first-order valence-corrected chi connectivity index (χ1v) is 10.7. The molecule has 0 radical (unpaired) electrons. The zero-order valence-electron chi connectivity index (χ0n) is 19.7. The Morgan fingerprint density at radius 3 is 2.34 bits per heavy atom. The highest BCUT2D eigenvalue weighted by molar-refractivity contribution is 5.81. The standard InChI is InChI=1S/C23H34N2O7/c1-15(18-13-17(29-5)7-8-19(18)30-6)24-20(26)14-31-21(27)16-9-11-25(12-10-16)22(28)32-23(2,3)4/h7-8,13,15-16H,9-12,14H2,1-6H3,(H,24,26). The Hall–Kier alpha value is -2.97. The second-order valence-electron chi connectivity index (χ2n) is 8.75. The lowest BCUT2D eigenvalue weighted by Gasteiger charge is -2.32. The molecule has 9 heteroatoms. The van der Waals surface area contributed by atoms with Crippen molar-refractivity contribution in [1.82, 2.24) is 10.2 Å². The van der Waals surface area contributed by atoms with Gasteiger partial charge in [-0.25, -0.2) is 4.79 Å². The molecule has 1 aliphatic rings. The van der Waals surface area contributed by atoms with Crippen LogP contribution in [0.25, 0.3) is 0 Å². The Bertz CT molecular complexity index is 811. The van der Waals surface area contributed by atoms with E-state index in [2.05, 4.69) is 5.32 Å². The molecule has 0 spiro atoms. The number of nitrogens with one attached hydrogen (secondary N) is 1. The molecule has 1 aromatic carbocycles. The van der Waals surface area contributed by atoms with E-state index in [9.17, 15) is 14.4 Å². The molecule has 0 aliphatic carbocycles. The first kappa shape index (κ1) is 25.3. The normalized spacial score (nSPS) is 15.5. The number of benzene rings is 1. The molecule has 1 aliphatic heterocycles. The van der Waals surface area contributed by atoms with Crippen LogP contribution in [0.15, 0.2) is 18.2 Å². The summed E-state index contributed by atoms with van der Waals surface area (Å²) in [5.41, 5.74) is 0.188. The molecule has 0 saturated carbocycles. The van der Waals surface area contributed by atoms with Crippen molar-refractivity contribution in [1.29, 1.82) is 0 Å². The summed E-state index contributed by atoms with van der Waals surface area (Å²) in [5, 5.41) is 2.80. The van der Waals surface area contributed by atoms with Crippen LogP contribution in [0.3, 0.4) is 0 Å². The molecule has 1 heterocycles. The van der Waals surface area contributed by atoms with Crippen LogP contribution in [0.1, 0.15) is 52.1 Å². The van der Waals surface area contributed by atoms with Gasteiger partial charge in [0.05, 0.1) is 26.2 Å². The van der Waals surface area contributed by atoms with Crippen molar-refractivity contribution >= 4 is 18.0 Å². The number of likely N-dealkylation sites (tertiary alicyclic amines) is 1. The summed E-state index contributed by atoms with van der Waals surface area (Å²) in [6.45, 7) is 7.69. The molecule has 1 atom stereocenters. The fourth-order valence-electron chi connectivity index (χ4n) is 3.42.